The van der Waals surface area contributed by atoms with Crippen LogP contribution in [-0.4, -0.2) is 60.4 Å². The smallest absolute Gasteiger partial charge is 0.119 e. The van der Waals surface area contributed by atoms with Gasteiger partial charge in [0.15, 0.2) is 0 Å². The molecule has 0 aliphatic carbocycles. The van der Waals surface area contributed by atoms with Crippen LogP contribution in [0.15, 0.2) is 36.7 Å². The molecule has 0 radical (unpaired) electrons. The SMILES string of the molecule is OC(COc1ccc(Cl)cc1)CN1CCN(c2c(Cl)cncc2Cl)CC1. The molecule has 1 atom stereocenters. The Morgan fingerprint density at radius 2 is 1.62 bits per heavy atom. The Bertz CT molecular complexity index is 702. The van der Waals surface area contributed by atoms with Crippen molar-refractivity contribution >= 4 is 40.5 Å². The van der Waals surface area contributed by atoms with Crippen molar-refractivity contribution in [2.24, 2.45) is 0 Å². The molecule has 26 heavy (non-hydrogen) atoms. The molecule has 5 nitrogen and oxygen atoms in total. The van der Waals surface area contributed by atoms with E-state index in [0.717, 1.165) is 31.9 Å². The molecule has 0 saturated carbocycles. The van der Waals surface area contributed by atoms with E-state index in [4.69, 9.17) is 39.5 Å². The summed E-state index contributed by atoms with van der Waals surface area (Å²) in [5.74, 6) is 0.695. The number of pyridine rings is 1. The number of aromatic nitrogens is 1. The summed E-state index contributed by atoms with van der Waals surface area (Å²) in [6.45, 7) is 3.99. The topological polar surface area (TPSA) is 48.8 Å². The second-order valence-corrected chi connectivity index (χ2v) is 7.41. The van der Waals surface area contributed by atoms with Gasteiger partial charge in [-0.05, 0) is 24.3 Å². The number of hydrogen-bond donors (Lipinski definition) is 1. The van der Waals surface area contributed by atoms with Gasteiger partial charge in [0.1, 0.15) is 18.5 Å². The van der Waals surface area contributed by atoms with E-state index in [1.54, 1.807) is 36.7 Å². The average molecular weight is 417 g/mol. The fourth-order valence-corrected chi connectivity index (χ4v) is 3.66. The van der Waals surface area contributed by atoms with Gasteiger partial charge in [0.25, 0.3) is 0 Å². The highest BCUT2D eigenvalue weighted by molar-refractivity contribution is 6.38. The van der Waals surface area contributed by atoms with E-state index >= 15 is 0 Å². The van der Waals surface area contributed by atoms with Crippen LogP contribution in [-0.2, 0) is 0 Å². The lowest BCUT2D eigenvalue weighted by Crippen LogP contribution is -2.49. The highest BCUT2D eigenvalue weighted by Gasteiger charge is 2.22. The van der Waals surface area contributed by atoms with Crippen LogP contribution < -0.4 is 9.64 Å². The first-order valence-corrected chi connectivity index (χ1v) is 9.49. The van der Waals surface area contributed by atoms with Crippen LogP contribution in [0, 0.1) is 0 Å². The average Bonchev–Trinajstić information content (AvgIpc) is 2.62. The van der Waals surface area contributed by atoms with Crippen LogP contribution >= 0.6 is 34.8 Å². The predicted octanol–water partition coefficient (Wildman–Crippen LogP) is 3.60. The van der Waals surface area contributed by atoms with Crippen molar-refractivity contribution in [3.63, 3.8) is 0 Å². The molecule has 1 aliphatic heterocycles. The summed E-state index contributed by atoms with van der Waals surface area (Å²) in [6.07, 6.45) is 2.64. The molecule has 1 fully saturated rings. The molecule has 1 unspecified atom stereocenters. The van der Waals surface area contributed by atoms with E-state index in [2.05, 4.69) is 14.8 Å². The van der Waals surface area contributed by atoms with Crippen LogP contribution in [0.3, 0.4) is 0 Å². The van der Waals surface area contributed by atoms with Gasteiger partial charge in [-0.25, -0.2) is 0 Å². The first-order valence-electron chi connectivity index (χ1n) is 8.35. The summed E-state index contributed by atoms with van der Waals surface area (Å²) in [4.78, 5) is 8.34. The molecule has 0 amide bonds. The van der Waals surface area contributed by atoms with Crippen molar-refractivity contribution in [2.75, 3.05) is 44.2 Å². The zero-order valence-corrected chi connectivity index (χ0v) is 16.4. The van der Waals surface area contributed by atoms with E-state index in [1.165, 1.54) is 0 Å². The summed E-state index contributed by atoms with van der Waals surface area (Å²) >= 11 is 18.3. The van der Waals surface area contributed by atoms with E-state index in [0.29, 0.717) is 27.4 Å². The molecule has 1 aromatic heterocycles. The summed E-state index contributed by atoms with van der Waals surface area (Å²) in [6, 6.07) is 7.10. The third-order valence-corrected chi connectivity index (χ3v) is 5.05. The van der Waals surface area contributed by atoms with Gasteiger partial charge < -0.3 is 14.7 Å². The minimum Gasteiger partial charge on any atom is -0.491 e. The molecule has 8 heteroatoms. The quantitative estimate of drug-likeness (QED) is 0.779. The van der Waals surface area contributed by atoms with E-state index in [1.807, 2.05) is 0 Å². The molecule has 3 rings (SSSR count). The van der Waals surface area contributed by atoms with Crippen molar-refractivity contribution < 1.29 is 9.84 Å². The second kappa shape index (κ2) is 9.11. The number of β-amino-alcohol motifs (C(OH)–C–C–N with tert-alkyl or cyclic N) is 1. The fourth-order valence-electron chi connectivity index (χ4n) is 2.93. The Balaban J connectivity index is 1.45. The fraction of sp³-hybridized carbons (Fsp3) is 0.389. The maximum atomic E-state index is 10.2. The van der Waals surface area contributed by atoms with Crippen molar-refractivity contribution in [3.05, 3.63) is 51.7 Å². The van der Waals surface area contributed by atoms with Crippen molar-refractivity contribution in [3.8, 4) is 5.75 Å². The highest BCUT2D eigenvalue weighted by Crippen LogP contribution is 2.33. The van der Waals surface area contributed by atoms with Gasteiger partial charge in [0.2, 0.25) is 0 Å². The van der Waals surface area contributed by atoms with Gasteiger partial charge in [-0.15, -0.1) is 0 Å². The molecule has 1 saturated heterocycles. The summed E-state index contributed by atoms with van der Waals surface area (Å²) < 4.78 is 5.60. The first-order chi connectivity index (χ1) is 12.5. The van der Waals surface area contributed by atoms with Crippen LogP contribution in [0.5, 0.6) is 5.75 Å². The lowest BCUT2D eigenvalue weighted by molar-refractivity contribution is 0.0663. The lowest BCUT2D eigenvalue weighted by Gasteiger charge is -2.37. The number of aliphatic hydroxyl groups excluding tert-OH is 1. The lowest BCUT2D eigenvalue weighted by atomic mass is 10.2. The predicted molar refractivity (Wildman–Crippen MR) is 106 cm³/mol. The minimum atomic E-state index is -0.565. The molecular formula is C18H20Cl3N3O2. The van der Waals surface area contributed by atoms with Crippen LogP contribution in [0.25, 0.3) is 0 Å². The normalized spacial score (nSPS) is 16.5. The highest BCUT2D eigenvalue weighted by atomic mass is 35.5. The molecule has 1 aliphatic rings. The van der Waals surface area contributed by atoms with Crippen LogP contribution in [0.2, 0.25) is 15.1 Å². The number of anilines is 1. The number of aliphatic hydroxyl groups is 1. The van der Waals surface area contributed by atoms with E-state index in [-0.39, 0.29) is 6.61 Å². The Kier molecular flexibility index (Phi) is 6.84. The third-order valence-electron chi connectivity index (χ3n) is 4.24. The van der Waals surface area contributed by atoms with Gasteiger partial charge in [0.05, 0.1) is 15.7 Å². The summed E-state index contributed by atoms with van der Waals surface area (Å²) in [5.41, 5.74) is 0.828. The monoisotopic (exact) mass is 415 g/mol. The molecule has 2 heterocycles. The Morgan fingerprint density at radius 3 is 2.23 bits per heavy atom. The molecule has 0 spiro atoms. The van der Waals surface area contributed by atoms with E-state index < -0.39 is 6.10 Å². The molecule has 1 aromatic carbocycles. The standard InChI is InChI=1S/C18H20Cl3N3O2/c19-13-1-3-15(4-2-13)26-12-14(25)11-23-5-7-24(8-6-23)18-16(20)9-22-10-17(18)21/h1-4,9-10,14,25H,5-8,11-12H2. The molecular weight excluding hydrogens is 397 g/mol. The maximum Gasteiger partial charge on any atom is 0.119 e. The number of ether oxygens (including phenoxy) is 1. The van der Waals surface area contributed by atoms with Gasteiger partial charge >= 0.3 is 0 Å². The Labute approximate surface area is 168 Å². The number of piperazine rings is 1. The van der Waals surface area contributed by atoms with Gasteiger partial charge in [-0.1, -0.05) is 34.8 Å². The third kappa shape index (κ3) is 5.15. The number of rotatable bonds is 6. The first kappa shape index (κ1) is 19.5. The molecule has 2 aromatic rings. The number of hydrogen-bond acceptors (Lipinski definition) is 5. The van der Waals surface area contributed by atoms with Crippen LogP contribution in [0.4, 0.5) is 5.69 Å². The summed E-state index contributed by atoms with van der Waals surface area (Å²) in [5, 5.41) is 12.0. The van der Waals surface area contributed by atoms with Crippen LogP contribution in [0.1, 0.15) is 0 Å². The second-order valence-electron chi connectivity index (χ2n) is 6.16. The molecule has 0 bridgehead atoms. The largest absolute Gasteiger partial charge is 0.491 e. The Morgan fingerprint density at radius 1 is 1.00 bits per heavy atom. The van der Waals surface area contributed by atoms with Gasteiger partial charge in [-0.3, -0.25) is 9.88 Å². The zero-order valence-electron chi connectivity index (χ0n) is 14.1. The van der Waals surface area contributed by atoms with Crippen molar-refractivity contribution in [2.45, 2.75) is 6.10 Å². The zero-order chi connectivity index (χ0) is 18.5. The molecule has 140 valence electrons. The minimum absolute atomic E-state index is 0.240. The number of benzene rings is 1. The van der Waals surface area contributed by atoms with Gasteiger partial charge in [-0.2, -0.15) is 0 Å². The van der Waals surface area contributed by atoms with E-state index in [9.17, 15) is 5.11 Å². The van der Waals surface area contributed by atoms with Crippen molar-refractivity contribution in [1.29, 1.82) is 0 Å². The summed E-state index contributed by atoms with van der Waals surface area (Å²) in [7, 11) is 0. The van der Waals surface area contributed by atoms with Gasteiger partial charge in [0, 0.05) is 50.1 Å². The number of halogens is 3. The van der Waals surface area contributed by atoms with Crippen molar-refractivity contribution in [1.82, 2.24) is 9.88 Å². The Hall–Kier alpha value is -1.24. The maximum absolute atomic E-state index is 10.2. The molecule has 1 N–H and O–H groups in total. The number of nitrogens with zero attached hydrogens (tertiary/aromatic N) is 3.